The Morgan fingerprint density at radius 2 is 1.56 bits per heavy atom. The highest BCUT2D eigenvalue weighted by Crippen LogP contribution is 2.38. The zero-order chi connectivity index (χ0) is 13.3. The van der Waals surface area contributed by atoms with Gasteiger partial charge in [-0.3, -0.25) is 0 Å². The van der Waals surface area contributed by atoms with E-state index in [-0.39, 0.29) is 11.1 Å². The van der Waals surface area contributed by atoms with Crippen molar-refractivity contribution >= 4 is 0 Å². The summed E-state index contributed by atoms with van der Waals surface area (Å²) < 4.78 is 52.2. The van der Waals surface area contributed by atoms with Crippen molar-refractivity contribution in [3.63, 3.8) is 0 Å². The lowest BCUT2D eigenvalue weighted by Crippen LogP contribution is -2.07. The van der Waals surface area contributed by atoms with E-state index in [1.807, 2.05) is 0 Å². The first-order chi connectivity index (χ1) is 8.39. The summed E-state index contributed by atoms with van der Waals surface area (Å²) in [6.07, 6.45) is -4.49. The van der Waals surface area contributed by atoms with Crippen LogP contribution in [0.1, 0.15) is 11.1 Å². The summed E-state index contributed by atoms with van der Waals surface area (Å²) in [5.74, 6) is -0.659. The molecule has 0 atom stereocenters. The Labute approximate surface area is 102 Å². The number of rotatable bonds is 1. The van der Waals surface area contributed by atoms with Gasteiger partial charge >= 0.3 is 6.18 Å². The molecule has 0 amide bonds. The predicted molar refractivity (Wildman–Crippen MR) is 61.6 cm³/mol. The summed E-state index contributed by atoms with van der Waals surface area (Å²) in [7, 11) is 0. The molecule has 0 N–H and O–H groups in total. The van der Waals surface area contributed by atoms with Crippen molar-refractivity contribution in [3.05, 3.63) is 59.4 Å². The maximum atomic E-state index is 13.6. The molecule has 0 bridgehead atoms. The largest absolute Gasteiger partial charge is 0.417 e. The van der Waals surface area contributed by atoms with Gasteiger partial charge in [0.15, 0.2) is 0 Å². The third-order valence-corrected chi connectivity index (χ3v) is 2.64. The van der Waals surface area contributed by atoms with Gasteiger partial charge in [0.1, 0.15) is 5.82 Å². The van der Waals surface area contributed by atoms with Crippen molar-refractivity contribution in [2.24, 2.45) is 0 Å². The molecule has 0 aliphatic rings. The van der Waals surface area contributed by atoms with E-state index in [0.29, 0.717) is 5.56 Å². The lowest BCUT2D eigenvalue weighted by atomic mass is 9.97. The van der Waals surface area contributed by atoms with Crippen LogP contribution in [0, 0.1) is 12.7 Å². The molecule has 0 saturated carbocycles. The predicted octanol–water partition coefficient (Wildman–Crippen LogP) is 4.82. The molecule has 0 heterocycles. The highest BCUT2D eigenvalue weighted by Gasteiger charge is 2.34. The maximum Gasteiger partial charge on any atom is 0.417 e. The van der Waals surface area contributed by atoms with Crippen LogP contribution in [0.5, 0.6) is 0 Å². The first-order valence-electron chi connectivity index (χ1n) is 5.32. The van der Waals surface area contributed by atoms with Crippen LogP contribution in [0.15, 0.2) is 42.5 Å². The van der Waals surface area contributed by atoms with Crippen LogP contribution in [-0.4, -0.2) is 0 Å². The normalized spacial score (nSPS) is 11.6. The number of halogens is 4. The molecular formula is C14H10F4. The van der Waals surface area contributed by atoms with Gasteiger partial charge in [-0.15, -0.1) is 0 Å². The second-order valence-electron chi connectivity index (χ2n) is 4.03. The maximum absolute atomic E-state index is 13.6. The van der Waals surface area contributed by atoms with Crippen molar-refractivity contribution in [2.75, 3.05) is 0 Å². The van der Waals surface area contributed by atoms with E-state index in [4.69, 9.17) is 0 Å². The summed E-state index contributed by atoms with van der Waals surface area (Å²) in [6, 6.07) is 9.16. The van der Waals surface area contributed by atoms with Gasteiger partial charge in [-0.25, -0.2) is 4.39 Å². The topological polar surface area (TPSA) is 0 Å². The van der Waals surface area contributed by atoms with Crippen LogP contribution in [0.3, 0.4) is 0 Å². The fraction of sp³-hybridized carbons (Fsp3) is 0.143. The lowest BCUT2D eigenvalue weighted by Gasteiger charge is -2.14. The second kappa shape index (κ2) is 4.44. The Hall–Kier alpha value is -1.84. The van der Waals surface area contributed by atoms with Gasteiger partial charge < -0.3 is 0 Å². The molecule has 0 aromatic heterocycles. The van der Waals surface area contributed by atoms with Gasteiger partial charge in [0.2, 0.25) is 0 Å². The van der Waals surface area contributed by atoms with Gasteiger partial charge in [0.25, 0.3) is 0 Å². The minimum absolute atomic E-state index is 0.0338. The first-order valence-corrected chi connectivity index (χ1v) is 5.32. The number of hydrogen-bond acceptors (Lipinski definition) is 0. The van der Waals surface area contributed by atoms with Crippen molar-refractivity contribution < 1.29 is 17.6 Å². The standard InChI is InChI=1S/C14H10F4/c1-9-6-7-12(14(16,17)18)11(8-9)10-4-2-3-5-13(10)15/h2-8H,1H3. The smallest absolute Gasteiger partial charge is 0.206 e. The van der Waals surface area contributed by atoms with Crippen LogP contribution < -0.4 is 0 Å². The van der Waals surface area contributed by atoms with E-state index in [1.54, 1.807) is 6.92 Å². The monoisotopic (exact) mass is 254 g/mol. The van der Waals surface area contributed by atoms with E-state index in [9.17, 15) is 17.6 Å². The van der Waals surface area contributed by atoms with Crippen molar-refractivity contribution in [1.82, 2.24) is 0 Å². The molecule has 94 valence electrons. The quantitative estimate of drug-likeness (QED) is 0.640. The summed E-state index contributed by atoms with van der Waals surface area (Å²) >= 11 is 0. The van der Waals surface area contributed by atoms with Gasteiger partial charge in [-0.2, -0.15) is 13.2 Å². The van der Waals surface area contributed by atoms with Gasteiger partial charge in [-0.1, -0.05) is 35.9 Å². The highest BCUT2D eigenvalue weighted by atomic mass is 19.4. The van der Waals surface area contributed by atoms with Gasteiger partial charge in [0, 0.05) is 5.56 Å². The van der Waals surface area contributed by atoms with Crippen LogP contribution in [-0.2, 0) is 6.18 Å². The molecule has 0 aliphatic carbocycles. The summed E-state index contributed by atoms with van der Waals surface area (Å²) in [5.41, 5.74) is -0.325. The molecule has 0 nitrogen and oxygen atoms in total. The zero-order valence-electron chi connectivity index (χ0n) is 9.55. The Morgan fingerprint density at radius 1 is 0.889 bits per heavy atom. The van der Waals surface area contributed by atoms with E-state index in [0.717, 1.165) is 12.1 Å². The van der Waals surface area contributed by atoms with E-state index < -0.39 is 17.6 Å². The van der Waals surface area contributed by atoms with Crippen molar-refractivity contribution in [1.29, 1.82) is 0 Å². The van der Waals surface area contributed by atoms with Gasteiger partial charge in [-0.05, 0) is 24.6 Å². The summed E-state index contributed by atoms with van der Waals surface area (Å²) in [5, 5.41) is 0. The van der Waals surface area contributed by atoms with Crippen LogP contribution in [0.2, 0.25) is 0 Å². The Balaban J connectivity index is 2.70. The molecule has 0 saturated heterocycles. The van der Waals surface area contributed by atoms with E-state index >= 15 is 0 Å². The molecule has 0 aliphatic heterocycles. The molecular weight excluding hydrogens is 244 g/mol. The summed E-state index contributed by atoms with van der Waals surface area (Å²) in [6.45, 7) is 1.67. The minimum Gasteiger partial charge on any atom is -0.206 e. The Kier molecular flexibility index (Phi) is 3.11. The Bertz CT molecular complexity index is 570. The van der Waals surface area contributed by atoms with E-state index in [2.05, 4.69) is 0 Å². The molecule has 0 spiro atoms. The third-order valence-electron chi connectivity index (χ3n) is 2.64. The SMILES string of the molecule is Cc1ccc(C(F)(F)F)c(-c2ccccc2F)c1. The molecule has 18 heavy (non-hydrogen) atoms. The zero-order valence-corrected chi connectivity index (χ0v) is 9.55. The summed E-state index contributed by atoms with van der Waals surface area (Å²) in [4.78, 5) is 0. The second-order valence-corrected chi connectivity index (χ2v) is 4.03. The molecule has 2 aromatic rings. The van der Waals surface area contributed by atoms with Crippen LogP contribution >= 0.6 is 0 Å². The minimum atomic E-state index is -4.49. The van der Waals surface area contributed by atoms with Crippen molar-refractivity contribution in [3.8, 4) is 11.1 Å². The number of alkyl halides is 3. The van der Waals surface area contributed by atoms with Crippen LogP contribution in [0.25, 0.3) is 11.1 Å². The molecule has 2 aromatic carbocycles. The Morgan fingerprint density at radius 3 is 2.17 bits per heavy atom. The number of hydrogen-bond donors (Lipinski definition) is 0. The average molecular weight is 254 g/mol. The molecule has 0 unspecified atom stereocenters. The fourth-order valence-electron chi connectivity index (χ4n) is 1.81. The highest BCUT2D eigenvalue weighted by molar-refractivity contribution is 5.69. The van der Waals surface area contributed by atoms with Crippen molar-refractivity contribution in [2.45, 2.75) is 13.1 Å². The van der Waals surface area contributed by atoms with E-state index in [1.165, 1.54) is 30.3 Å². The molecule has 0 fully saturated rings. The average Bonchev–Trinajstić information content (AvgIpc) is 2.27. The number of benzene rings is 2. The lowest BCUT2D eigenvalue weighted by molar-refractivity contribution is -0.137. The molecule has 2 rings (SSSR count). The first kappa shape index (κ1) is 12.6. The van der Waals surface area contributed by atoms with Crippen LogP contribution in [0.4, 0.5) is 17.6 Å². The molecule has 0 radical (unpaired) electrons. The third kappa shape index (κ3) is 2.37. The van der Waals surface area contributed by atoms with Gasteiger partial charge in [0.05, 0.1) is 5.56 Å². The molecule has 4 heteroatoms. The number of aryl methyl sites for hydroxylation is 1. The fourth-order valence-corrected chi connectivity index (χ4v) is 1.81.